The monoisotopic (exact) mass is 431 g/mol. The Morgan fingerprint density at radius 3 is 2.52 bits per heavy atom. The number of carbonyl (C=O) groups is 1. The first-order chi connectivity index (χ1) is 14.0. The number of nitrogens with one attached hydrogen (secondary N) is 1. The van der Waals surface area contributed by atoms with Crippen molar-refractivity contribution in [2.45, 2.75) is 11.5 Å². The Kier molecular flexibility index (Phi) is 5.55. The highest BCUT2D eigenvalue weighted by Crippen LogP contribution is 2.31. The van der Waals surface area contributed by atoms with E-state index in [1.807, 2.05) is 24.3 Å². The molecular formula is C20H18ClN3O4S. The Balaban J connectivity index is 1.55. The van der Waals surface area contributed by atoms with E-state index >= 15 is 0 Å². The molecule has 0 saturated carbocycles. The number of fused-ring (bicyclic) bond motifs is 1. The quantitative estimate of drug-likeness (QED) is 0.647. The molecular weight excluding hydrogens is 414 g/mol. The summed E-state index contributed by atoms with van der Waals surface area (Å²) in [5.41, 5.74) is 2.28. The van der Waals surface area contributed by atoms with Gasteiger partial charge in [-0.3, -0.25) is 9.00 Å². The van der Waals surface area contributed by atoms with E-state index in [0.29, 0.717) is 28.1 Å². The topological polar surface area (TPSA) is 82.4 Å². The van der Waals surface area contributed by atoms with Crippen molar-refractivity contribution in [1.29, 1.82) is 0 Å². The number of anilines is 1. The van der Waals surface area contributed by atoms with Crippen molar-refractivity contribution in [2.75, 3.05) is 19.0 Å². The van der Waals surface area contributed by atoms with Crippen molar-refractivity contribution in [3.63, 3.8) is 0 Å². The summed E-state index contributed by atoms with van der Waals surface area (Å²) in [6.45, 7) is -0.173. The molecule has 1 N–H and O–H groups in total. The summed E-state index contributed by atoms with van der Waals surface area (Å²) in [4.78, 5) is 12.5. The van der Waals surface area contributed by atoms with Gasteiger partial charge in [0.1, 0.15) is 17.3 Å². The van der Waals surface area contributed by atoms with E-state index in [1.165, 1.54) is 0 Å². The molecule has 2 aromatic carbocycles. The smallest absolute Gasteiger partial charge is 0.263 e. The first kappa shape index (κ1) is 19.5. The standard InChI is InChI=1S/C20H18ClN3O4S/c1-27-15-8-4-14(5-9-15)24-20(17-11-29(26)12-18(17)23-24)22-19(25)10-28-16-6-2-13(21)3-7-16/h2-9H,10-12H2,1H3,(H,22,25). The molecule has 29 heavy (non-hydrogen) atoms. The Morgan fingerprint density at radius 1 is 1.14 bits per heavy atom. The molecule has 1 aliphatic heterocycles. The first-order valence-corrected chi connectivity index (χ1v) is 10.7. The van der Waals surface area contributed by atoms with Gasteiger partial charge >= 0.3 is 0 Å². The molecule has 0 bridgehead atoms. The summed E-state index contributed by atoms with van der Waals surface area (Å²) in [6, 6.07) is 14.1. The lowest BCUT2D eigenvalue weighted by molar-refractivity contribution is -0.118. The first-order valence-electron chi connectivity index (χ1n) is 8.82. The minimum Gasteiger partial charge on any atom is -0.497 e. The predicted molar refractivity (Wildman–Crippen MR) is 111 cm³/mol. The van der Waals surface area contributed by atoms with Crippen LogP contribution in [0.25, 0.3) is 5.69 Å². The summed E-state index contributed by atoms with van der Waals surface area (Å²) in [7, 11) is 0.587. The summed E-state index contributed by atoms with van der Waals surface area (Å²) in [5.74, 6) is 2.17. The van der Waals surface area contributed by atoms with E-state index < -0.39 is 10.8 Å². The van der Waals surface area contributed by atoms with Crippen LogP contribution in [-0.4, -0.2) is 33.6 Å². The lowest BCUT2D eigenvalue weighted by Gasteiger charge is -2.12. The highest BCUT2D eigenvalue weighted by Gasteiger charge is 2.28. The largest absolute Gasteiger partial charge is 0.497 e. The van der Waals surface area contributed by atoms with E-state index in [-0.39, 0.29) is 12.5 Å². The summed E-state index contributed by atoms with van der Waals surface area (Å²) in [5, 5.41) is 8.02. The highest BCUT2D eigenvalue weighted by molar-refractivity contribution is 7.83. The van der Waals surface area contributed by atoms with Crippen LogP contribution in [0.5, 0.6) is 11.5 Å². The molecule has 1 amide bonds. The second-order valence-corrected chi connectivity index (χ2v) is 8.30. The van der Waals surface area contributed by atoms with Crippen molar-refractivity contribution in [2.24, 2.45) is 0 Å². The zero-order valence-corrected chi connectivity index (χ0v) is 17.1. The Morgan fingerprint density at radius 2 is 1.83 bits per heavy atom. The normalized spacial score (nSPS) is 15.0. The van der Waals surface area contributed by atoms with Gasteiger partial charge in [0.05, 0.1) is 30.0 Å². The fourth-order valence-electron chi connectivity index (χ4n) is 3.01. The molecule has 0 spiro atoms. The van der Waals surface area contributed by atoms with E-state index in [1.54, 1.807) is 36.1 Å². The number of hydrogen-bond acceptors (Lipinski definition) is 5. The van der Waals surface area contributed by atoms with E-state index in [4.69, 9.17) is 21.1 Å². The van der Waals surface area contributed by atoms with Crippen LogP contribution < -0.4 is 14.8 Å². The van der Waals surface area contributed by atoms with Gasteiger partial charge in [-0.05, 0) is 48.5 Å². The van der Waals surface area contributed by atoms with Crippen LogP contribution >= 0.6 is 11.6 Å². The molecule has 1 aliphatic rings. The number of benzene rings is 2. The molecule has 1 atom stereocenters. The number of carbonyl (C=O) groups excluding carboxylic acids is 1. The average molecular weight is 432 g/mol. The zero-order valence-electron chi connectivity index (χ0n) is 15.6. The minimum absolute atomic E-state index is 0.173. The van der Waals surface area contributed by atoms with Gasteiger partial charge in [0.25, 0.3) is 5.91 Å². The number of nitrogens with zero attached hydrogens (tertiary/aromatic N) is 2. The van der Waals surface area contributed by atoms with Gasteiger partial charge in [0, 0.05) is 21.4 Å². The number of aromatic nitrogens is 2. The number of ether oxygens (including phenoxy) is 2. The number of hydrogen-bond donors (Lipinski definition) is 1. The summed E-state index contributed by atoms with van der Waals surface area (Å²) in [6.07, 6.45) is 0. The molecule has 150 valence electrons. The Hall–Kier alpha value is -2.84. The number of halogens is 1. The van der Waals surface area contributed by atoms with Crippen molar-refractivity contribution in [3.05, 3.63) is 64.8 Å². The fourth-order valence-corrected chi connectivity index (χ4v) is 4.40. The van der Waals surface area contributed by atoms with Crippen molar-refractivity contribution in [1.82, 2.24) is 9.78 Å². The van der Waals surface area contributed by atoms with Crippen molar-refractivity contribution >= 4 is 34.1 Å². The molecule has 0 aliphatic carbocycles. The van der Waals surface area contributed by atoms with Crippen molar-refractivity contribution in [3.8, 4) is 17.2 Å². The van der Waals surface area contributed by atoms with Crippen LogP contribution in [0.1, 0.15) is 11.3 Å². The Labute approximate surface area is 175 Å². The third-order valence-electron chi connectivity index (χ3n) is 4.43. The van der Waals surface area contributed by atoms with Crippen LogP contribution in [0.3, 0.4) is 0 Å². The molecule has 3 aromatic rings. The number of rotatable bonds is 6. The maximum atomic E-state index is 12.5. The third kappa shape index (κ3) is 4.28. The number of methoxy groups -OCH3 is 1. The number of amides is 1. The maximum absolute atomic E-state index is 12.5. The molecule has 9 heteroatoms. The molecule has 7 nitrogen and oxygen atoms in total. The SMILES string of the molecule is COc1ccc(-n2nc3c(c2NC(=O)COc2ccc(Cl)cc2)CS(=O)C3)cc1. The Bertz CT molecular complexity index is 1060. The van der Waals surface area contributed by atoms with Gasteiger partial charge in [-0.25, -0.2) is 4.68 Å². The molecule has 0 radical (unpaired) electrons. The van der Waals surface area contributed by atoms with Gasteiger partial charge in [0.2, 0.25) is 0 Å². The molecule has 0 saturated heterocycles. The average Bonchev–Trinajstić information content (AvgIpc) is 3.24. The predicted octanol–water partition coefficient (Wildman–Crippen LogP) is 3.31. The van der Waals surface area contributed by atoms with Crippen LogP contribution in [0.4, 0.5) is 5.82 Å². The second-order valence-electron chi connectivity index (χ2n) is 6.40. The van der Waals surface area contributed by atoms with E-state index in [0.717, 1.165) is 22.7 Å². The van der Waals surface area contributed by atoms with Crippen LogP contribution in [0.15, 0.2) is 48.5 Å². The van der Waals surface area contributed by atoms with Gasteiger partial charge in [-0.1, -0.05) is 11.6 Å². The molecule has 4 rings (SSSR count). The molecule has 2 heterocycles. The summed E-state index contributed by atoms with van der Waals surface area (Å²) < 4.78 is 24.3. The lowest BCUT2D eigenvalue weighted by atomic mass is 10.2. The summed E-state index contributed by atoms with van der Waals surface area (Å²) >= 11 is 5.85. The minimum atomic E-state index is -1.01. The van der Waals surface area contributed by atoms with Crippen LogP contribution in [-0.2, 0) is 27.1 Å². The van der Waals surface area contributed by atoms with Crippen LogP contribution in [0, 0.1) is 0 Å². The third-order valence-corrected chi connectivity index (χ3v) is 5.89. The fraction of sp³-hybridized carbons (Fsp3) is 0.200. The van der Waals surface area contributed by atoms with Crippen LogP contribution in [0.2, 0.25) is 5.02 Å². The van der Waals surface area contributed by atoms with Gasteiger partial charge in [-0.2, -0.15) is 5.10 Å². The van der Waals surface area contributed by atoms with Gasteiger partial charge in [-0.15, -0.1) is 0 Å². The van der Waals surface area contributed by atoms with E-state index in [9.17, 15) is 9.00 Å². The highest BCUT2D eigenvalue weighted by atomic mass is 35.5. The zero-order chi connectivity index (χ0) is 20.4. The van der Waals surface area contributed by atoms with E-state index in [2.05, 4.69) is 10.4 Å². The van der Waals surface area contributed by atoms with Crippen molar-refractivity contribution < 1.29 is 18.5 Å². The maximum Gasteiger partial charge on any atom is 0.263 e. The van der Waals surface area contributed by atoms with Gasteiger partial charge in [0.15, 0.2) is 6.61 Å². The molecule has 0 fully saturated rings. The molecule has 1 aromatic heterocycles. The lowest BCUT2D eigenvalue weighted by Crippen LogP contribution is -2.22. The van der Waals surface area contributed by atoms with Gasteiger partial charge < -0.3 is 14.8 Å². The molecule has 1 unspecified atom stereocenters. The second kappa shape index (κ2) is 8.26.